The summed E-state index contributed by atoms with van der Waals surface area (Å²) in [5.41, 5.74) is 4.94. The number of halogens is 1. The van der Waals surface area contributed by atoms with Crippen molar-refractivity contribution in [1.82, 2.24) is 9.55 Å². The number of hydrogen-bond donors (Lipinski definition) is 0. The number of rotatable bonds is 6. The third-order valence-electron chi connectivity index (χ3n) is 7.75. The molecular weight excluding hydrogens is 560 g/mol. The van der Waals surface area contributed by atoms with Gasteiger partial charge in [0.25, 0.3) is 5.56 Å². The van der Waals surface area contributed by atoms with E-state index in [1.165, 1.54) is 17.3 Å². The summed E-state index contributed by atoms with van der Waals surface area (Å²) >= 11 is 4.73. The maximum atomic E-state index is 14.5. The van der Waals surface area contributed by atoms with Crippen molar-refractivity contribution < 1.29 is 9.53 Å². The van der Waals surface area contributed by atoms with Crippen LogP contribution >= 0.6 is 27.7 Å². The van der Waals surface area contributed by atoms with Crippen LogP contribution in [0.4, 0.5) is 0 Å². The Kier molecular flexibility index (Phi) is 6.74. The number of methoxy groups -OCH3 is 1. The highest BCUT2D eigenvalue weighted by Crippen LogP contribution is 2.50. The Hall–Kier alpha value is -3.16. The lowest BCUT2D eigenvalue weighted by atomic mass is 9.68. The minimum Gasteiger partial charge on any atom is -0.497 e. The van der Waals surface area contributed by atoms with Crippen LogP contribution in [0.5, 0.6) is 5.75 Å². The molecule has 1 spiro atoms. The van der Waals surface area contributed by atoms with E-state index in [0.29, 0.717) is 22.2 Å². The number of ether oxygens (including phenoxy) is 1. The normalized spacial score (nSPS) is 15.2. The van der Waals surface area contributed by atoms with Gasteiger partial charge in [0.05, 0.1) is 29.8 Å². The molecule has 0 amide bonds. The molecule has 2 aliphatic rings. The molecule has 0 radical (unpaired) electrons. The molecule has 5 nitrogen and oxygen atoms in total. The molecule has 192 valence electrons. The Labute approximate surface area is 234 Å². The molecule has 0 N–H and O–H groups in total. The third-order valence-corrected chi connectivity index (χ3v) is 9.22. The number of Topliss-reactive ketones (excluding diaryl/α,β-unsaturated/α-hetero) is 1. The summed E-state index contributed by atoms with van der Waals surface area (Å²) in [5.74, 6) is 0.818. The number of hydrogen-bond acceptors (Lipinski definition) is 5. The van der Waals surface area contributed by atoms with Gasteiger partial charge in [-0.2, -0.15) is 0 Å². The van der Waals surface area contributed by atoms with Gasteiger partial charge in [-0.25, -0.2) is 4.98 Å². The van der Waals surface area contributed by atoms with Gasteiger partial charge in [-0.15, -0.1) is 0 Å². The molecule has 38 heavy (non-hydrogen) atoms. The zero-order chi connectivity index (χ0) is 26.3. The Morgan fingerprint density at radius 3 is 2.58 bits per heavy atom. The van der Waals surface area contributed by atoms with Crippen molar-refractivity contribution in [2.75, 3.05) is 12.9 Å². The number of nitrogens with zero attached hydrogens (tertiary/aromatic N) is 2. The molecule has 0 saturated heterocycles. The fourth-order valence-corrected chi connectivity index (χ4v) is 7.10. The van der Waals surface area contributed by atoms with Crippen LogP contribution in [-0.4, -0.2) is 28.2 Å². The summed E-state index contributed by atoms with van der Waals surface area (Å²) in [6.45, 7) is 0. The molecule has 2 aliphatic carbocycles. The fourth-order valence-electron chi connectivity index (χ4n) is 5.93. The Morgan fingerprint density at radius 1 is 1.05 bits per heavy atom. The predicted octanol–water partition coefficient (Wildman–Crippen LogP) is 7.01. The van der Waals surface area contributed by atoms with E-state index in [4.69, 9.17) is 9.72 Å². The standard InChI is InChI=1S/C31H27BrN2O3S/c1-37-24-9-6-8-23(17-24)34-29(36)27-28(25-10-3-2-7-21(25)18-31(27)15-4-5-16-31)33-30(34)38-19-26(35)20-11-13-22(32)14-12-20/h2-3,6-14,17H,4-5,15-16,18-19H2,1H3. The van der Waals surface area contributed by atoms with Crippen LogP contribution in [0, 0.1) is 0 Å². The number of thioether (sulfide) groups is 1. The van der Waals surface area contributed by atoms with Gasteiger partial charge in [-0.1, -0.05) is 83.0 Å². The van der Waals surface area contributed by atoms with Crippen molar-refractivity contribution >= 4 is 33.5 Å². The fraction of sp³-hybridized carbons (Fsp3) is 0.258. The number of benzene rings is 3. The molecule has 6 rings (SSSR count). The number of ketones is 1. The van der Waals surface area contributed by atoms with E-state index >= 15 is 0 Å². The van der Waals surface area contributed by atoms with Gasteiger partial charge < -0.3 is 4.74 Å². The molecule has 7 heteroatoms. The summed E-state index contributed by atoms with van der Waals surface area (Å²) in [7, 11) is 1.62. The highest BCUT2D eigenvalue weighted by Gasteiger charge is 2.44. The van der Waals surface area contributed by atoms with Crippen LogP contribution in [0.3, 0.4) is 0 Å². The zero-order valence-electron chi connectivity index (χ0n) is 21.1. The molecule has 1 aromatic heterocycles. The molecule has 1 fully saturated rings. The Bertz CT molecular complexity index is 1590. The van der Waals surface area contributed by atoms with Crippen LogP contribution in [0.15, 0.2) is 87.2 Å². The smallest absolute Gasteiger partial charge is 0.263 e. The highest BCUT2D eigenvalue weighted by molar-refractivity contribution is 9.10. The average Bonchev–Trinajstić information content (AvgIpc) is 3.40. The van der Waals surface area contributed by atoms with Gasteiger partial charge in [0.1, 0.15) is 5.75 Å². The second-order valence-corrected chi connectivity index (χ2v) is 11.9. The quantitative estimate of drug-likeness (QED) is 0.138. The van der Waals surface area contributed by atoms with Crippen molar-refractivity contribution in [1.29, 1.82) is 0 Å². The third kappa shape index (κ3) is 4.41. The number of aromatic nitrogens is 2. The van der Waals surface area contributed by atoms with Crippen molar-refractivity contribution in [3.8, 4) is 22.7 Å². The maximum absolute atomic E-state index is 14.5. The lowest BCUT2D eigenvalue weighted by molar-refractivity contribution is 0.102. The van der Waals surface area contributed by atoms with Crippen molar-refractivity contribution in [2.24, 2.45) is 0 Å². The minimum absolute atomic E-state index is 0.0145. The van der Waals surface area contributed by atoms with Crippen molar-refractivity contribution in [3.63, 3.8) is 0 Å². The van der Waals surface area contributed by atoms with E-state index in [9.17, 15) is 9.59 Å². The highest BCUT2D eigenvalue weighted by atomic mass is 79.9. The minimum atomic E-state index is -0.204. The van der Waals surface area contributed by atoms with Gasteiger partial charge >= 0.3 is 0 Å². The van der Waals surface area contributed by atoms with Crippen LogP contribution in [0.2, 0.25) is 0 Å². The van der Waals surface area contributed by atoms with E-state index in [-0.39, 0.29) is 22.5 Å². The summed E-state index contributed by atoms with van der Waals surface area (Å²) in [5, 5.41) is 0.511. The van der Waals surface area contributed by atoms with E-state index in [2.05, 4.69) is 34.1 Å². The first-order chi connectivity index (χ1) is 18.5. The summed E-state index contributed by atoms with van der Waals surface area (Å²) in [6.07, 6.45) is 5.05. The summed E-state index contributed by atoms with van der Waals surface area (Å²) in [4.78, 5) is 32.8. The summed E-state index contributed by atoms with van der Waals surface area (Å²) < 4.78 is 8.08. The van der Waals surface area contributed by atoms with Gasteiger partial charge in [-0.05, 0) is 49.1 Å². The summed E-state index contributed by atoms with van der Waals surface area (Å²) in [6, 6.07) is 23.1. The van der Waals surface area contributed by atoms with Crippen molar-refractivity contribution in [2.45, 2.75) is 42.7 Å². The van der Waals surface area contributed by atoms with Gasteiger partial charge in [0, 0.05) is 27.1 Å². The molecule has 0 atom stereocenters. The first-order valence-electron chi connectivity index (χ1n) is 12.8. The van der Waals surface area contributed by atoms with Crippen LogP contribution in [0.1, 0.15) is 47.2 Å². The molecule has 0 unspecified atom stereocenters. The zero-order valence-corrected chi connectivity index (χ0v) is 23.5. The molecule has 0 aliphatic heterocycles. The molecule has 3 aromatic carbocycles. The van der Waals surface area contributed by atoms with E-state index in [0.717, 1.165) is 53.4 Å². The Balaban J connectivity index is 1.53. The SMILES string of the molecule is COc1cccc(-n2c(SCC(=O)c3ccc(Br)cc3)nc3c(c2=O)C2(CCCC2)Cc2ccccc2-3)c1. The van der Waals surface area contributed by atoms with Gasteiger partial charge in [0.15, 0.2) is 10.9 Å². The first kappa shape index (κ1) is 25.1. The largest absolute Gasteiger partial charge is 0.497 e. The predicted molar refractivity (Wildman–Crippen MR) is 155 cm³/mol. The van der Waals surface area contributed by atoms with Gasteiger partial charge in [0.2, 0.25) is 0 Å². The average molecular weight is 588 g/mol. The second-order valence-electron chi connectivity index (χ2n) is 10.0. The number of carbonyl (C=O) groups is 1. The van der Waals surface area contributed by atoms with Crippen LogP contribution in [0.25, 0.3) is 16.9 Å². The monoisotopic (exact) mass is 586 g/mol. The van der Waals surface area contributed by atoms with Crippen molar-refractivity contribution in [3.05, 3.63) is 104 Å². The molecule has 1 saturated carbocycles. The second kappa shape index (κ2) is 10.2. The topological polar surface area (TPSA) is 61.2 Å². The molecule has 0 bridgehead atoms. The van der Waals surface area contributed by atoms with Crippen LogP contribution in [-0.2, 0) is 11.8 Å². The first-order valence-corrected chi connectivity index (χ1v) is 14.6. The Morgan fingerprint density at radius 2 is 1.82 bits per heavy atom. The van der Waals surface area contributed by atoms with E-state index in [1.54, 1.807) is 11.7 Å². The lowest BCUT2D eigenvalue weighted by Crippen LogP contribution is -2.40. The van der Waals surface area contributed by atoms with Gasteiger partial charge in [-0.3, -0.25) is 14.2 Å². The molecule has 4 aromatic rings. The van der Waals surface area contributed by atoms with E-state index in [1.807, 2.05) is 54.6 Å². The lowest BCUT2D eigenvalue weighted by Gasteiger charge is -2.36. The molecule has 1 heterocycles. The van der Waals surface area contributed by atoms with E-state index < -0.39 is 0 Å². The number of fused-ring (bicyclic) bond motifs is 4. The number of carbonyl (C=O) groups excluding carboxylic acids is 1. The van der Waals surface area contributed by atoms with Crippen LogP contribution < -0.4 is 10.3 Å². The molecular formula is C31H27BrN2O3S. The maximum Gasteiger partial charge on any atom is 0.263 e.